The van der Waals surface area contributed by atoms with Crippen LogP contribution in [-0.2, 0) is 17.1 Å². The van der Waals surface area contributed by atoms with E-state index >= 15 is 0 Å². The maximum Gasteiger partial charge on any atom is 0.258 e. The third-order valence-electron chi connectivity index (χ3n) is 3.84. The summed E-state index contributed by atoms with van der Waals surface area (Å²) in [6.07, 6.45) is 0. The molecule has 8 heteroatoms. The summed E-state index contributed by atoms with van der Waals surface area (Å²) < 4.78 is 0.758. The molecule has 0 saturated heterocycles. The maximum absolute atomic E-state index is 12.5. The van der Waals surface area contributed by atoms with Crippen molar-refractivity contribution in [2.24, 2.45) is 0 Å². The number of aromatic amines is 1. The van der Waals surface area contributed by atoms with Crippen molar-refractivity contribution in [3.63, 3.8) is 0 Å². The zero-order valence-corrected chi connectivity index (χ0v) is 16.6. The van der Waals surface area contributed by atoms with Crippen LogP contribution in [0.1, 0.15) is 17.6 Å². The van der Waals surface area contributed by atoms with Crippen molar-refractivity contribution in [1.82, 2.24) is 14.9 Å². The van der Waals surface area contributed by atoms with E-state index in [0.29, 0.717) is 35.6 Å². The molecule has 3 aromatic rings. The SMILES string of the molecule is CCN(Cc1nc2ccccc2c(=O)[nH]1)C(=O)CSCc1ccc(Cl)s1. The van der Waals surface area contributed by atoms with Gasteiger partial charge in [0.2, 0.25) is 5.91 Å². The molecule has 0 fully saturated rings. The molecule has 136 valence electrons. The first-order valence-electron chi connectivity index (χ1n) is 8.14. The van der Waals surface area contributed by atoms with Gasteiger partial charge in [-0.25, -0.2) is 4.98 Å². The molecule has 26 heavy (non-hydrogen) atoms. The van der Waals surface area contributed by atoms with Crippen LogP contribution in [0, 0.1) is 0 Å². The van der Waals surface area contributed by atoms with Gasteiger partial charge in [0.25, 0.3) is 5.56 Å². The quantitative estimate of drug-likeness (QED) is 0.644. The molecule has 0 saturated carbocycles. The van der Waals surface area contributed by atoms with E-state index in [2.05, 4.69) is 9.97 Å². The largest absolute Gasteiger partial charge is 0.335 e. The Kier molecular flexibility index (Phi) is 6.34. The predicted molar refractivity (Wildman–Crippen MR) is 109 cm³/mol. The topological polar surface area (TPSA) is 66.1 Å². The average Bonchev–Trinajstić information content (AvgIpc) is 3.05. The van der Waals surface area contributed by atoms with Gasteiger partial charge in [-0.1, -0.05) is 23.7 Å². The van der Waals surface area contributed by atoms with Gasteiger partial charge in [-0.3, -0.25) is 9.59 Å². The van der Waals surface area contributed by atoms with Gasteiger partial charge in [0.05, 0.1) is 27.5 Å². The number of halogens is 1. The number of hydrogen-bond acceptors (Lipinski definition) is 5. The lowest BCUT2D eigenvalue weighted by Crippen LogP contribution is -2.33. The van der Waals surface area contributed by atoms with E-state index in [0.717, 1.165) is 15.0 Å². The summed E-state index contributed by atoms with van der Waals surface area (Å²) >= 11 is 9.00. The van der Waals surface area contributed by atoms with Crippen molar-refractivity contribution in [3.8, 4) is 0 Å². The molecular weight excluding hydrogens is 390 g/mol. The summed E-state index contributed by atoms with van der Waals surface area (Å²) in [5, 5.41) is 0.552. The molecule has 1 N–H and O–H groups in total. The number of hydrogen-bond donors (Lipinski definition) is 1. The Labute approximate surface area is 164 Å². The van der Waals surface area contributed by atoms with Gasteiger partial charge in [-0.2, -0.15) is 0 Å². The maximum atomic E-state index is 12.5. The number of rotatable bonds is 7. The van der Waals surface area contributed by atoms with Crippen LogP contribution >= 0.6 is 34.7 Å². The molecule has 1 amide bonds. The molecule has 0 aliphatic heterocycles. The predicted octanol–water partition coefficient (Wildman–Crippen LogP) is 3.92. The lowest BCUT2D eigenvalue weighted by molar-refractivity contribution is -0.128. The second kappa shape index (κ2) is 8.70. The first-order chi connectivity index (χ1) is 12.6. The molecule has 1 aromatic carbocycles. The number of carbonyl (C=O) groups excluding carboxylic acids is 1. The van der Waals surface area contributed by atoms with E-state index in [-0.39, 0.29) is 11.5 Å². The highest BCUT2D eigenvalue weighted by Crippen LogP contribution is 2.25. The highest BCUT2D eigenvalue weighted by Gasteiger charge is 2.14. The first-order valence-corrected chi connectivity index (χ1v) is 10.5. The van der Waals surface area contributed by atoms with Crippen LogP contribution in [0.2, 0.25) is 4.34 Å². The van der Waals surface area contributed by atoms with E-state index in [4.69, 9.17) is 11.6 Å². The molecule has 2 aromatic heterocycles. The van der Waals surface area contributed by atoms with Crippen molar-refractivity contribution in [1.29, 1.82) is 0 Å². The third-order valence-corrected chi connectivity index (χ3v) is 6.22. The lowest BCUT2D eigenvalue weighted by Gasteiger charge is -2.20. The molecule has 2 heterocycles. The zero-order valence-electron chi connectivity index (χ0n) is 14.2. The molecule has 0 unspecified atom stereocenters. The van der Waals surface area contributed by atoms with Gasteiger partial charge < -0.3 is 9.88 Å². The van der Waals surface area contributed by atoms with Gasteiger partial charge in [-0.05, 0) is 31.2 Å². The average molecular weight is 408 g/mol. The van der Waals surface area contributed by atoms with E-state index < -0.39 is 0 Å². The number of amides is 1. The van der Waals surface area contributed by atoms with E-state index in [1.54, 1.807) is 34.9 Å². The van der Waals surface area contributed by atoms with Crippen LogP contribution in [-0.4, -0.2) is 33.1 Å². The highest BCUT2D eigenvalue weighted by atomic mass is 35.5. The molecule has 5 nitrogen and oxygen atoms in total. The summed E-state index contributed by atoms with van der Waals surface area (Å²) in [4.78, 5) is 34.7. The molecular formula is C18H18ClN3O2S2. The Morgan fingerprint density at radius 1 is 1.31 bits per heavy atom. The van der Waals surface area contributed by atoms with Crippen molar-refractivity contribution in [3.05, 3.63) is 61.8 Å². The fourth-order valence-corrected chi connectivity index (χ4v) is 4.65. The minimum absolute atomic E-state index is 0.0240. The van der Waals surface area contributed by atoms with Crippen LogP contribution < -0.4 is 5.56 Å². The van der Waals surface area contributed by atoms with Gasteiger partial charge in [-0.15, -0.1) is 23.1 Å². The van der Waals surface area contributed by atoms with Crippen LogP contribution in [0.4, 0.5) is 0 Å². The Hall–Kier alpha value is -1.83. The molecule has 0 aliphatic carbocycles. The number of para-hydroxylation sites is 1. The van der Waals surface area contributed by atoms with Gasteiger partial charge >= 0.3 is 0 Å². The van der Waals surface area contributed by atoms with Crippen LogP contribution in [0.3, 0.4) is 0 Å². The number of benzene rings is 1. The summed E-state index contributed by atoms with van der Waals surface area (Å²) in [5.74, 6) is 1.65. The minimum atomic E-state index is -0.182. The number of nitrogens with one attached hydrogen (secondary N) is 1. The second-order valence-electron chi connectivity index (χ2n) is 5.64. The number of fused-ring (bicyclic) bond motifs is 1. The van der Waals surface area contributed by atoms with Crippen molar-refractivity contribution < 1.29 is 4.79 Å². The minimum Gasteiger partial charge on any atom is -0.335 e. The molecule has 0 atom stereocenters. The molecule has 3 rings (SSSR count). The molecule has 0 radical (unpaired) electrons. The fraction of sp³-hybridized carbons (Fsp3) is 0.278. The van der Waals surface area contributed by atoms with Crippen molar-refractivity contribution in [2.75, 3.05) is 12.3 Å². The van der Waals surface area contributed by atoms with Gasteiger partial charge in [0, 0.05) is 17.2 Å². The third kappa shape index (κ3) is 4.66. The highest BCUT2D eigenvalue weighted by molar-refractivity contribution is 7.99. The number of H-pyrrole nitrogens is 1. The molecule has 0 aliphatic rings. The van der Waals surface area contributed by atoms with Gasteiger partial charge in [0.1, 0.15) is 5.82 Å². The monoisotopic (exact) mass is 407 g/mol. The van der Waals surface area contributed by atoms with E-state index in [9.17, 15) is 9.59 Å². The Morgan fingerprint density at radius 2 is 2.12 bits per heavy atom. The number of thioether (sulfide) groups is 1. The van der Waals surface area contributed by atoms with Crippen molar-refractivity contribution in [2.45, 2.75) is 19.2 Å². The molecule has 0 spiro atoms. The fourth-order valence-electron chi connectivity index (χ4n) is 2.53. The van der Waals surface area contributed by atoms with E-state index in [1.165, 1.54) is 11.3 Å². The second-order valence-corrected chi connectivity index (χ2v) is 8.42. The Balaban J connectivity index is 1.63. The number of aromatic nitrogens is 2. The van der Waals surface area contributed by atoms with E-state index in [1.807, 2.05) is 25.1 Å². The Morgan fingerprint density at radius 3 is 2.85 bits per heavy atom. The first kappa shape index (κ1) is 18.9. The lowest BCUT2D eigenvalue weighted by atomic mass is 10.2. The number of nitrogens with zero attached hydrogens (tertiary/aromatic N) is 2. The summed E-state index contributed by atoms with van der Waals surface area (Å²) in [6.45, 7) is 2.77. The number of carbonyl (C=O) groups is 1. The summed E-state index contributed by atoms with van der Waals surface area (Å²) in [7, 11) is 0. The zero-order chi connectivity index (χ0) is 18.5. The normalized spacial score (nSPS) is 11.0. The van der Waals surface area contributed by atoms with Crippen LogP contribution in [0.25, 0.3) is 10.9 Å². The van der Waals surface area contributed by atoms with Crippen LogP contribution in [0.5, 0.6) is 0 Å². The summed E-state index contributed by atoms with van der Waals surface area (Å²) in [6, 6.07) is 11.0. The molecule has 0 bridgehead atoms. The number of thiophene rings is 1. The van der Waals surface area contributed by atoms with Gasteiger partial charge in [0.15, 0.2) is 0 Å². The smallest absolute Gasteiger partial charge is 0.258 e. The Bertz CT molecular complexity index is 970. The van der Waals surface area contributed by atoms with Crippen molar-refractivity contribution >= 4 is 51.5 Å². The van der Waals surface area contributed by atoms with Crippen LogP contribution in [0.15, 0.2) is 41.2 Å². The standard InChI is InChI=1S/C18H18ClN3O2S2/c1-2-22(17(23)11-25-10-12-7-8-15(19)26-12)9-16-20-14-6-4-3-5-13(14)18(24)21-16/h3-8H,2,9-11H2,1H3,(H,20,21,24). The summed E-state index contributed by atoms with van der Waals surface area (Å²) in [5.41, 5.74) is 0.455.